The monoisotopic (exact) mass is 374 g/mol. The first kappa shape index (κ1) is 18.1. The van der Waals surface area contributed by atoms with Crippen molar-refractivity contribution in [3.05, 3.63) is 51.2 Å². The maximum atomic E-state index is 10.4. The van der Waals surface area contributed by atoms with Crippen molar-refractivity contribution >= 4 is 17.0 Å². The molecule has 0 radical (unpaired) electrons. The van der Waals surface area contributed by atoms with E-state index in [2.05, 4.69) is 10.4 Å². The Labute approximate surface area is 155 Å². The van der Waals surface area contributed by atoms with Gasteiger partial charge in [0, 0.05) is 18.3 Å². The number of hydrogen-bond donors (Lipinski definition) is 2. The zero-order valence-corrected chi connectivity index (χ0v) is 15.4. The molecule has 0 amide bonds. The van der Waals surface area contributed by atoms with Gasteiger partial charge in [-0.2, -0.15) is 5.10 Å². The van der Waals surface area contributed by atoms with Crippen molar-refractivity contribution in [1.29, 1.82) is 0 Å². The van der Waals surface area contributed by atoms with Crippen LogP contribution < -0.4 is 15.9 Å². The average Bonchev–Trinajstić information content (AvgIpc) is 2.96. The number of hydrogen-bond acceptors (Lipinski definition) is 7. The maximum absolute atomic E-state index is 10.4. The second-order valence-electron chi connectivity index (χ2n) is 6.31. The van der Waals surface area contributed by atoms with Crippen molar-refractivity contribution in [2.45, 2.75) is 38.1 Å². The highest BCUT2D eigenvalue weighted by atomic mass is 32.1. The molecule has 1 heterocycles. The van der Waals surface area contributed by atoms with Crippen LogP contribution in [0.25, 0.3) is 10.6 Å². The third kappa shape index (κ3) is 4.69. The zero-order valence-electron chi connectivity index (χ0n) is 14.6. The van der Waals surface area contributed by atoms with E-state index in [0.29, 0.717) is 11.7 Å². The molecule has 0 bridgehead atoms. The molecule has 1 aromatic heterocycles. The van der Waals surface area contributed by atoms with Gasteiger partial charge in [-0.3, -0.25) is 15.1 Å². The lowest BCUT2D eigenvalue weighted by Gasteiger charge is -2.16. The van der Waals surface area contributed by atoms with Gasteiger partial charge in [0.15, 0.2) is 5.82 Å². The molecule has 1 aliphatic carbocycles. The zero-order chi connectivity index (χ0) is 18.5. The summed E-state index contributed by atoms with van der Waals surface area (Å²) in [6, 6.07) is 7.85. The molecule has 1 aliphatic rings. The Balaban J connectivity index is 1.76. The summed E-state index contributed by atoms with van der Waals surface area (Å²) in [6.07, 6.45) is 6.87. The van der Waals surface area contributed by atoms with Gasteiger partial charge in [-0.1, -0.05) is 30.6 Å². The van der Waals surface area contributed by atoms with Crippen LogP contribution in [0.5, 0.6) is 0 Å². The number of aryl methyl sites for hydroxylation is 1. The molecule has 1 saturated carbocycles. The highest BCUT2D eigenvalue weighted by Gasteiger charge is 2.13. The first-order valence-corrected chi connectivity index (χ1v) is 9.39. The number of nitrogens with one attached hydrogen (secondary N) is 1. The number of aromatic nitrogens is 2. The molecule has 1 fully saturated rings. The molecule has 3 N–H and O–H groups in total. The maximum Gasteiger partial charge on any atom is 0.274 e. The van der Waals surface area contributed by atoms with Crippen molar-refractivity contribution in [3.8, 4) is 10.6 Å². The minimum atomic E-state index is -0.594. The predicted octanol–water partition coefficient (Wildman–Crippen LogP) is 2.83. The Hall–Kier alpha value is -2.68. The molecule has 8 nitrogen and oxygen atoms in total. The van der Waals surface area contributed by atoms with E-state index in [9.17, 15) is 10.1 Å². The number of benzene rings is 1. The van der Waals surface area contributed by atoms with E-state index in [1.54, 1.807) is 11.3 Å². The van der Waals surface area contributed by atoms with Gasteiger partial charge in [-0.25, -0.2) is 4.68 Å². The minimum Gasteiger partial charge on any atom is -0.380 e. The van der Waals surface area contributed by atoms with E-state index in [1.807, 2.05) is 36.0 Å². The Morgan fingerprint density at radius 2 is 2.08 bits per heavy atom. The summed E-state index contributed by atoms with van der Waals surface area (Å²) < 4.78 is 1.83. The van der Waals surface area contributed by atoms with E-state index < -0.39 is 4.92 Å². The summed E-state index contributed by atoms with van der Waals surface area (Å²) in [5.41, 5.74) is 7.20. The number of anilines is 1. The lowest BCUT2D eigenvalue weighted by Crippen LogP contribution is -2.18. The van der Waals surface area contributed by atoms with Gasteiger partial charge in [0.2, 0.25) is 4.80 Å². The van der Waals surface area contributed by atoms with Gasteiger partial charge < -0.3 is 11.1 Å². The Morgan fingerprint density at radius 3 is 2.73 bits per heavy atom. The summed E-state index contributed by atoms with van der Waals surface area (Å²) in [4.78, 5) is 15.6. The summed E-state index contributed by atoms with van der Waals surface area (Å²) in [7, 11) is 1.92. The highest BCUT2D eigenvalue weighted by molar-refractivity contribution is 7.12. The van der Waals surface area contributed by atoms with Crippen LogP contribution in [0.3, 0.4) is 0 Å². The minimum absolute atomic E-state index is 0.0167. The van der Waals surface area contributed by atoms with E-state index >= 15 is 0 Å². The number of nitrogens with zero attached hydrogens (tertiary/aromatic N) is 4. The molecule has 26 heavy (non-hydrogen) atoms. The third-order valence-corrected chi connectivity index (χ3v) is 5.30. The molecular weight excluding hydrogens is 352 g/mol. The Bertz CT molecular complexity index is 862. The molecule has 0 spiro atoms. The van der Waals surface area contributed by atoms with E-state index in [4.69, 9.17) is 10.7 Å². The van der Waals surface area contributed by atoms with Gasteiger partial charge in [0.1, 0.15) is 5.01 Å². The van der Waals surface area contributed by atoms with Crippen molar-refractivity contribution < 1.29 is 4.92 Å². The van der Waals surface area contributed by atoms with Gasteiger partial charge in [0.05, 0.1) is 11.0 Å². The van der Waals surface area contributed by atoms with Crippen LogP contribution in [-0.2, 0) is 7.05 Å². The molecule has 1 aromatic carbocycles. The van der Waals surface area contributed by atoms with E-state index in [0.717, 1.165) is 34.4 Å². The fourth-order valence-corrected chi connectivity index (χ4v) is 3.92. The molecule has 0 atom stereocenters. The summed E-state index contributed by atoms with van der Waals surface area (Å²) >= 11 is 1.57. The number of rotatable bonds is 5. The van der Waals surface area contributed by atoms with Gasteiger partial charge in [-0.05, 0) is 37.1 Å². The highest BCUT2D eigenvalue weighted by Crippen LogP contribution is 2.23. The van der Waals surface area contributed by atoms with Crippen LogP contribution in [0.4, 0.5) is 5.69 Å². The SMILES string of the molecule is Cn1nc(-c2ccc(NC(N)=C[N+](=O)[O-])cc2)sc1=NC1CCCCC1. The van der Waals surface area contributed by atoms with Gasteiger partial charge in [-0.15, -0.1) is 0 Å². The summed E-state index contributed by atoms with van der Waals surface area (Å²) in [5, 5.41) is 18.6. The Kier molecular flexibility index (Phi) is 5.67. The largest absolute Gasteiger partial charge is 0.380 e. The summed E-state index contributed by atoms with van der Waals surface area (Å²) in [5.74, 6) is -0.0167. The molecule has 0 unspecified atom stereocenters. The second kappa shape index (κ2) is 8.13. The van der Waals surface area contributed by atoms with Crippen molar-refractivity contribution in [3.63, 3.8) is 0 Å². The quantitative estimate of drug-likeness (QED) is 0.617. The topological polar surface area (TPSA) is 111 Å². The molecule has 0 saturated heterocycles. The van der Waals surface area contributed by atoms with Crippen LogP contribution in [0.2, 0.25) is 0 Å². The van der Waals surface area contributed by atoms with Crippen molar-refractivity contribution in [2.24, 2.45) is 17.8 Å². The molecule has 138 valence electrons. The first-order valence-electron chi connectivity index (χ1n) is 8.57. The molecule has 3 rings (SSSR count). The third-order valence-electron chi connectivity index (χ3n) is 4.24. The van der Waals surface area contributed by atoms with Crippen LogP contribution in [0, 0.1) is 10.1 Å². The Morgan fingerprint density at radius 1 is 1.38 bits per heavy atom. The fraction of sp³-hybridized carbons (Fsp3) is 0.412. The second-order valence-corrected chi connectivity index (χ2v) is 7.26. The van der Waals surface area contributed by atoms with Crippen molar-refractivity contribution in [1.82, 2.24) is 9.78 Å². The van der Waals surface area contributed by atoms with E-state index in [1.165, 1.54) is 19.3 Å². The van der Waals surface area contributed by atoms with Gasteiger partial charge in [0.25, 0.3) is 6.20 Å². The van der Waals surface area contributed by atoms with Gasteiger partial charge >= 0.3 is 0 Å². The molecule has 2 aromatic rings. The number of nitro groups is 1. The lowest BCUT2D eigenvalue weighted by atomic mass is 9.96. The number of nitrogens with two attached hydrogens (primary N) is 1. The van der Waals surface area contributed by atoms with Crippen molar-refractivity contribution in [2.75, 3.05) is 5.32 Å². The van der Waals surface area contributed by atoms with E-state index in [-0.39, 0.29) is 5.82 Å². The normalized spacial score (nSPS) is 16.7. The lowest BCUT2D eigenvalue weighted by molar-refractivity contribution is -0.403. The standard InChI is InChI=1S/C17H22N6O2S/c1-22-17(20-13-5-3-2-4-6-13)26-16(21-22)12-7-9-14(10-8-12)19-15(18)11-23(24)25/h7-11,13,19H,2-6,18H2,1H3. The summed E-state index contributed by atoms with van der Waals surface area (Å²) in [6.45, 7) is 0. The predicted molar refractivity (Wildman–Crippen MR) is 102 cm³/mol. The molecule has 0 aliphatic heterocycles. The van der Waals surface area contributed by atoms with Crippen LogP contribution in [-0.4, -0.2) is 20.7 Å². The van der Waals surface area contributed by atoms with Crippen LogP contribution in [0.1, 0.15) is 32.1 Å². The van der Waals surface area contributed by atoms with Crippen LogP contribution >= 0.6 is 11.3 Å². The fourth-order valence-electron chi connectivity index (χ4n) is 2.95. The smallest absolute Gasteiger partial charge is 0.274 e. The average molecular weight is 374 g/mol. The first-order chi connectivity index (χ1) is 12.5. The molecular formula is C17H22N6O2S. The molecule has 9 heteroatoms. The van der Waals surface area contributed by atoms with Crippen LogP contribution in [0.15, 0.2) is 41.3 Å².